The quantitative estimate of drug-likeness (QED) is 0.837. The second-order valence-electron chi connectivity index (χ2n) is 5.12. The van der Waals surface area contributed by atoms with Crippen LogP contribution in [0, 0.1) is 0 Å². The summed E-state index contributed by atoms with van der Waals surface area (Å²) in [7, 11) is 4.13. The molecule has 2 N–H and O–H groups in total. The molecule has 0 saturated carbocycles. The summed E-state index contributed by atoms with van der Waals surface area (Å²) >= 11 is 0. The monoisotopic (exact) mass is 262 g/mol. The van der Waals surface area contributed by atoms with Crippen molar-refractivity contribution in [3.8, 4) is 0 Å². The van der Waals surface area contributed by atoms with E-state index in [9.17, 15) is 0 Å². The number of hydrogen-bond acceptors (Lipinski definition) is 5. The first-order valence-corrected chi connectivity index (χ1v) is 6.58. The largest absolute Gasteiger partial charge is 0.423 e. The van der Waals surface area contributed by atoms with Crippen molar-refractivity contribution in [1.29, 1.82) is 0 Å². The molecule has 0 amide bonds. The lowest BCUT2D eigenvalue weighted by Gasteiger charge is -2.28. The molecule has 1 unspecified atom stereocenters. The van der Waals surface area contributed by atoms with Crippen molar-refractivity contribution in [1.82, 2.24) is 9.88 Å². The predicted molar refractivity (Wildman–Crippen MR) is 79.5 cm³/mol. The molecule has 1 aromatic heterocycles. The summed E-state index contributed by atoms with van der Waals surface area (Å²) < 4.78 is 5.82. The van der Waals surface area contributed by atoms with Crippen molar-refractivity contribution in [3.63, 3.8) is 0 Å². The SMILES string of the molecule is CCN(c1nc2cc(N)ccc2o1)C(C)CN(C)C. The lowest BCUT2D eigenvalue weighted by Crippen LogP contribution is -2.40. The van der Waals surface area contributed by atoms with Crippen LogP contribution in [0.25, 0.3) is 11.1 Å². The van der Waals surface area contributed by atoms with Crippen LogP contribution < -0.4 is 10.6 Å². The maximum atomic E-state index is 5.82. The smallest absolute Gasteiger partial charge is 0.298 e. The highest BCUT2D eigenvalue weighted by Gasteiger charge is 2.19. The van der Waals surface area contributed by atoms with Gasteiger partial charge in [-0.2, -0.15) is 4.98 Å². The van der Waals surface area contributed by atoms with E-state index in [0.717, 1.165) is 24.2 Å². The Morgan fingerprint density at radius 3 is 2.74 bits per heavy atom. The standard InChI is InChI=1S/C14H22N4O/c1-5-18(10(2)9-17(3)4)14-16-12-8-11(15)6-7-13(12)19-14/h6-8,10H,5,9,15H2,1-4H3. The van der Waals surface area contributed by atoms with E-state index in [1.54, 1.807) is 0 Å². The maximum absolute atomic E-state index is 5.82. The number of rotatable bonds is 5. The number of nitrogens with two attached hydrogens (primary N) is 1. The molecule has 1 atom stereocenters. The van der Waals surface area contributed by atoms with E-state index in [1.807, 2.05) is 18.2 Å². The third kappa shape index (κ3) is 2.98. The molecular weight excluding hydrogens is 240 g/mol. The minimum atomic E-state index is 0.338. The van der Waals surface area contributed by atoms with Gasteiger partial charge in [0.05, 0.1) is 0 Å². The Morgan fingerprint density at radius 2 is 2.11 bits per heavy atom. The number of likely N-dealkylation sites (N-methyl/N-ethyl adjacent to an activating group) is 2. The molecule has 104 valence electrons. The van der Waals surface area contributed by atoms with Gasteiger partial charge in [-0.3, -0.25) is 0 Å². The van der Waals surface area contributed by atoms with E-state index in [0.29, 0.717) is 17.7 Å². The van der Waals surface area contributed by atoms with E-state index >= 15 is 0 Å². The second-order valence-corrected chi connectivity index (χ2v) is 5.12. The highest BCUT2D eigenvalue weighted by molar-refractivity contribution is 5.78. The molecule has 0 aliphatic carbocycles. The molecule has 0 aliphatic heterocycles. The highest BCUT2D eigenvalue weighted by Crippen LogP contribution is 2.24. The molecule has 2 rings (SSSR count). The number of hydrogen-bond donors (Lipinski definition) is 1. The van der Waals surface area contributed by atoms with Gasteiger partial charge in [-0.1, -0.05) is 0 Å². The van der Waals surface area contributed by atoms with Gasteiger partial charge in [0.25, 0.3) is 6.01 Å². The lowest BCUT2D eigenvalue weighted by molar-refractivity contribution is 0.365. The van der Waals surface area contributed by atoms with Crippen LogP contribution in [0.1, 0.15) is 13.8 Å². The molecule has 2 aromatic rings. The van der Waals surface area contributed by atoms with Crippen LogP contribution in [-0.4, -0.2) is 43.1 Å². The summed E-state index contributed by atoms with van der Waals surface area (Å²) in [5.41, 5.74) is 8.06. The molecule has 19 heavy (non-hydrogen) atoms. The van der Waals surface area contributed by atoms with E-state index in [4.69, 9.17) is 10.2 Å². The summed E-state index contributed by atoms with van der Waals surface area (Å²) in [6.07, 6.45) is 0. The molecular formula is C14H22N4O. The van der Waals surface area contributed by atoms with Crippen LogP contribution in [0.5, 0.6) is 0 Å². The Hall–Kier alpha value is -1.75. The number of fused-ring (bicyclic) bond motifs is 1. The van der Waals surface area contributed by atoms with Crippen molar-refractivity contribution < 1.29 is 4.42 Å². The molecule has 0 aliphatic rings. The number of benzene rings is 1. The molecule has 1 aromatic carbocycles. The molecule has 0 fully saturated rings. The zero-order valence-corrected chi connectivity index (χ0v) is 12.1. The molecule has 0 radical (unpaired) electrons. The Bertz CT molecular complexity index is 549. The van der Waals surface area contributed by atoms with Gasteiger partial charge in [0.15, 0.2) is 5.58 Å². The predicted octanol–water partition coefficient (Wildman–Crippen LogP) is 2.19. The molecule has 5 heteroatoms. The number of anilines is 2. The Labute approximate surface area is 114 Å². The van der Waals surface area contributed by atoms with Crippen LogP contribution in [0.3, 0.4) is 0 Å². The maximum Gasteiger partial charge on any atom is 0.298 e. The molecule has 1 heterocycles. The van der Waals surface area contributed by atoms with E-state index in [2.05, 4.69) is 42.7 Å². The van der Waals surface area contributed by atoms with Crippen molar-refractivity contribution in [3.05, 3.63) is 18.2 Å². The summed E-state index contributed by atoms with van der Waals surface area (Å²) in [6.45, 7) is 6.09. The molecule has 5 nitrogen and oxygen atoms in total. The van der Waals surface area contributed by atoms with Gasteiger partial charge in [-0.15, -0.1) is 0 Å². The zero-order chi connectivity index (χ0) is 14.0. The lowest BCUT2D eigenvalue weighted by atomic mass is 10.3. The van der Waals surface area contributed by atoms with Gasteiger partial charge >= 0.3 is 0 Å². The molecule has 0 saturated heterocycles. The summed E-state index contributed by atoms with van der Waals surface area (Å²) in [6, 6.07) is 6.54. The van der Waals surface area contributed by atoms with Crippen molar-refractivity contribution in [2.45, 2.75) is 19.9 Å². The van der Waals surface area contributed by atoms with Crippen LogP contribution in [0.2, 0.25) is 0 Å². The van der Waals surface area contributed by atoms with Crippen molar-refractivity contribution >= 4 is 22.8 Å². The first-order chi connectivity index (χ1) is 9.01. The van der Waals surface area contributed by atoms with Crippen molar-refractivity contribution in [2.75, 3.05) is 37.8 Å². The average Bonchev–Trinajstić information content (AvgIpc) is 2.71. The fourth-order valence-electron chi connectivity index (χ4n) is 2.32. The number of nitrogens with zero attached hydrogens (tertiary/aromatic N) is 3. The normalized spacial score (nSPS) is 13.1. The van der Waals surface area contributed by atoms with Gasteiger partial charge in [0.2, 0.25) is 0 Å². The Morgan fingerprint density at radius 1 is 1.37 bits per heavy atom. The second kappa shape index (κ2) is 5.48. The number of oxazole rings is 1. The van der Waals surface area contributed by atoms with E-state index in [-0.39, 0.29) is 0 Å². The van der Waals surface area contributed by atoms with Gasteiger partial charge in [-0.05, 0) is 46.1 Å². The summed E-state index contributed by atoms with van der Waals surface area (Å²) in [5, 5.41) is 0. The van der Waals surface area contributed by atoms with Gasteiger partial charge in [0, 0.05) is 24.8 Å². The minimum absolute atomic E-state index is 0.338. The minimum Gasteiger partial charge on any atom is -0.423 e. The molecule has 0 spiro atoms. The number of nitrogen functional groups attached to an aromatic ring is 1. The van der Waals surface area contributed by atoms with Gasteiger partial charge in [0.1, 0.15) is 5.52 Å². The fraction of sp³-hybridized carbons (Fsp3) is 0.500. The number of aromatic nitrogens is 1. The van der Waals surface area contributed by atoms with E-state index in [1.165, 1.54) is 0 Å². The summed E-state index contributed by atoms with van der Waals surface area (Å²) in [4.78, 5) is 8.86. The van der Waals surface area contributed by atoms with E-state index < -0.39 is 0 Å². The van der Waals surface area contributed by atoms with Crippen LogP contribution in [0.15, 0.2) is 22.6 Å². The Kier molecular flexibility index (Phi) is 3.95. The van der Waals surface area contributed by atoms with Crippen molar-refractivity contribution in [2.24, 2.45) is 0 Å². The Balaban J connectivity index is 2.30. The van der Waals surface area contributed by atoms with Gasteiger partial charge < -0.3 is 20.0 Å². The van der Waals surface area contributed by atoms with Gasteiger partial charge in [-0.25, -0.2) is 0 Å². The van der Waals surface area contributed by atoms with Crippen LogP contribution in [0.4, 0.5) is 11.7 Å². The molecule has 0 bridgehead atoms. The third-order valence-electron chi connectivity index (χ3n) is 3.15. The topological polar surface area (TPSA) is 58.5 Å². The highest BCUT2D eigenvalue weighted by atomic mass is 16.4. The van der Waals surface area contributed by atoms with Crippen LogP contribution >= 0.6 is 0 Å². The third-order valence-corrected chi connectivity index (χ3v) is 3.15. The first kappa shape index (κ1) is 13.7. The first-order valence-electron chi connectivity index (χ1n) is 6.58. The summed E-state index contributed by atoms with van der Waals surface area (Å²) in [5.74, 6) is 0. The average molecular weight is 262 g/mol. The fourth-order valence-corrected chi connectivity index (χ4v) is 2.32. The van der Waals surface area contributed by atoms with Crippen LogP contribution in [-0.2, 0) is 0 Å². The zero-order valence-electron chi connectivity index (χ0n) is 12.1.